The summed E-state index contributed by atoms with van der Waals surface area (Å²) in [5.41, 5.74) is 4.57. The van der Waals surface area contributed by atoms with E-state index in [4.69, 9.17) is 0 Å². The zero-order chi connectivity index (χ0) is 16.4. The molecule has 0 amide bonds. The van der Waals surface area contributed by atoms with Crippen molar-refractivity contribution in [3.8, 4) is 0 Å². The highest BCUT2D eigenvalue weighted by atomic mass is 14.9. The molecule has 1 saturated carbocycles. The number of rotatable bonds is 6. The molecule has 0 spiro atoms. The first-order valence-corrected chi connectivity index (χ1v) is 9.28. The lowest BCUT2D eigenvalue weighted by Crippen LogP contribution is -2.31. The highest BCUT2D eigenvalue weighted by molar-refractivity contribution is 5.45. The summed E-state index contributed by atoms with van der Waals surface area (Å²) in [5.74, 6) is 0.510. The summed E-state index contributed by atoms with van der Waals surface area (Å²) in [7, 11) is 0. The number of benzene rings is 1. The molecule has 0 saturated heterocycles. The summed E-state index contributed by atoms with van der Waals surface area (Å²) in [6.07, 6.45) is 19.0. The monoisotopic (exact) mass is 317 g/mol. The van der Waals surface area contributed by atoms with Crippen molar-refractivity contribution in [2.24, 2.45) is 11.3 Å². The van der Waals surface area contributed by atoms with E-state index in [1.807, 2.05) is 0 Å². The van der Waals surface area contributed by atoms with Gasteiger partial charge in [0.2, 0.25) is 0 Å². The van der Waals surface area contributed by atoms with Crippen LogP contribution in [0.1, 0.15) is 31.7 Å². The average Bonchev–Trinajstić information content (AvgIpc) is 3.44. The fourth-order valence-corrected chi connectivity index (χ4v) is 4.00. The van der Waals surface area contributed by atoms with Crippen molar-refractivity contribution in [1.82, 2.24) is 5.32 Å². The first-order valence-electron chi connectivity index (χ1n) is 9.28. The van der Waals surface area contributed by atoms with Gasteiger partial charge in [0.1, 0.15) is 0 Å². The van der Waals surface area contributed by atoms with E-state index in [-0.39, 0.29) is 5.41 Å². The maximum absolute atomic E-state index is 3.68. The van der Waals surface area contributed by atoms with Crippen molar-refractivity contribution in [2.75, 3.05) is 6.54 Å². The Kier molecular flexibility index (Phi) is 4.28. The minimum absolute atomic E-state index is 0.196. The summed E-state index contributed by atoms with van der Waals surface area (Å²) in [6.45, 7) is 3.45. The van der Waals surface area contributed by atoms with Crippen molar-refractivity contribution < 1.29 is 0 Å². The second-order valence-electron chi connectivity index (χ2n) is 7.73. The first kappa shape index (κ1) is 15.7. The average molecular weight is 317 g/mol. The Morgan fingerprint density at radius 2 is 1.96 bits per heavy atom. The lowest BCUT2D eigenvalue weighted by Gasteiger charge is -2.39. The van der Waals surface area contributed by atoms with E-state index in [9.17, 15) is 0 Å². The second kappa shape index (κ2) is 6.57. The SMILES string of the molecule is CC1(CCc2ccccc2)C=C(CNC2CC2)C=C2C=CC=C[C@@H]21. The molecule has 1 unspecified atom stereocenters. The molecule has 3 aliphatic carbocycles. The highest BCUT2D eigenvalue weighted by Gasteiger charge is 2.35. The molecule has 1 nitrogen and oxygen atoms in total. The topological polar surface area (TPSA) is 12.0 Å². The Morgan fingerprint density at radius 3 is 2.75 bits per heavy atom. The third kappa shape index (κ3) is 3.47. The summed E-state index contributed by atoms with van der Waals surface area (Å²) in [4.78, 5) is 0. The summed E-state index contributed by atoms with van der Waals surface area (Å²) < 4.78 is 0. The number of nitrogens with one attached hydrogen (secondary N) is 1. The van der Waals surface area contributed by atoms with Gasteiger partial charge in [-0.25, -0.2) is 0 Å². The van der Waals surface area contributed by atoms with Crippen LogP contribution in [-0.4, -0.2) is 12.6 Å². The Hall–Kier alpha value is -1.86. The number of fused-ring (bicyclic) bond motifs is 1. The van der Waals surface area contributed by atoms with E-state index in [2.05, 4.69) is 79.0 Å². The van der Waals surface area contributed by atoms with Gasteiger partial charge in [-0.05, 0) is 47.8 Å². The van der Waals surface area contributed by atoms with Crippen LogP contribution in [0.15, 0.2) is 77.9 Å². The van der Waals surface area contributed by atoms with Crippen LogP contribution in [-0.2, 0) is 6.42 Å². The number of hydrogen-bond acceptors (Lipinski definition) is 1. The molecule has 3 aliphatic rings. The van der Waals surface area contributed by atoms with Gasteiger partial charge in [-0.2, -0.15) is 0 Å². The van der Waals surface area contributed by atoms with Gasteiger partial charge in [0.05, 0.1) is 0 Å². The minimum atomic E-state index is 0.196. The Balaban J connectivity index is 1.54. The Labute approximate surface area is 145 Å². The van der Waals surface area contributed by atoms with Gasteiger partial charge in [-0.3, -0.25) is 0 Å². The molecule has 1 fully saturated rings. The molecule has 1 aromatic rings. The van der Waals surface area contributed by atoms with Crippen LogP contribution in [0.5, 0.6) is 0 Å². The summed E-state index contributed by atoms with van der Waals surface area (Å²) in [5, 5.41) is 3.68. The number of hydrogen-bond donors (Lipinski definition) is 1. The largest absolute Gasteiger partial charge is 0.310 e. The number of allylic oxidation sites excluding steroid dienone is 6. The van der Waals surface area contributed by atoms with Crippen molar-refractivity contribution in [3.63, 3.8) is 0 Å². The zero-order valence-electron chi connectivity index (χ0n) is 14.5. The van der Waals surface area contributed by atoms with Crippen LogP contribution in [0.25, 0.3) is 0 Å². The Morgan fingerprint density at radius 1 is 1.12 bits per heavy atom. The van der Waals surface area contributed by atoms with Crippen LogP contribution in [0.3, 0.4) is 0 Å². The molecule has 0 aliphatic heterocycles. The van der Waals surface area contributed by atoms with Gasteiger partial charge < -0.3 is 5.32 Å². The molecule has 1 N–H and O–H groups in total. The van der Waals surface area contributed by atoms with Crippen LogP contribution in [0.4, 0.5) is 0 Å². The van der Waals surface area contributed by atoms with E-state index < -0.39 is 0 Å². The smallest absolute Gasteiger partial charge is 0.0205 e. The zero-order valence-corrected chi connectivity index (χ0v) is 14.5. The molecule has 24 heavy (non-hydrogen) atoms. The first-order chi connectivity index (χ1) is 11.7. The van der Waals surface area contributed by atoms with Gasteiger partial charge in [0, 0.05) is 18.5 Å². The number of aryl methyl sites for hydroxylation is 1. The fourth-order valence-electron chi connectivity index (χ4n) is 4.00. The molecule has 0 aromatic heterocycles. The summed E-state index contributed by atoms with van der Waals surface area (Å²) >= 11 is 0. The van der Waals surface area contributed by atoms with Gasteiger partial charge in [-0.1, -0.05) is 73.7 Å². The normalized spacial score (nSPS) is 28.3. The molecule has 1 heteroatoms. The van der Waals surface area contributed by atoms with Crippen molar-refractivity contribution in [1.29, 1.82) is 0 Å². The van der Waals surface area contributed by atoms with Gasteiger partial charge in [0.25, 0.3) is 0 Å². The molecule has 1 aromatic carbocycles. The third-order valence-electron chi connectivity index (χ3n) is 5.61. The van der Waals surface area contributed by atoms with Crippen molar-refractivity contribution in [2.45, 2.75) is 38.6 Å². The molecular formula is C23H27N. The van der Waals surface area contributed by atoms with E-state index in [1.54, 1.807) is 0 Å². The van der Waals surface area contributed by atoms with Crippen molar-refractivity contribution >= 4 is 0 Å². The third-order valence-corrected chi connectivity index (χ3v) is 5.61. The molecule has 0 heterocycles. The molecular weight excluding hydrogens is 290 g/mol. The van der Waals surface area contributed by atoms with E-state index in [1.165, 1.54) is 36.0 Å². The van der Waals surface area contributed by atoms with Crippen molar-refractivity contribution in [3.05, 3.63) is 83.5 Å². The van der Waals surface area contributed by atoms with E-state index in [0.29, 0.717) is 5.92 Å². The minimum Gasteiger partial charge on any atom is -0.310 e. The van der Waals surface area contributed by atoms with Crippen LogP contribution in [0, 0.1) is 11.3 Å². The fraction of sp³-hybridized carbons (Fsp3) is 0.391. The van der Waals surface area contributed by atoms with Crippen LogP contribution in [0.2, 0.25) is 0 Å². The van der Waals surface area contributed by atoms with E-state index in [0.717, 1.165) is 19.0 Å². The maximum Gasteiger partial charge on any atom is 0.0205 e. The van der Waals surface area contributed by atoms with Gasteiger partial charge in [-0.15, -0.1) is 0 Å². The summed E-state index contributed by atoms with van der Waals surface area (Å²) in [6, 6.07) is 11.7. The molecule has 0 radical (unpaired) electrons. The lowest BCUT2D eigenvalue weighted by molar-refractivity contribution is 0.313. The Bertz CT molecular complexity index is 703. The second-order valence-corrected chi connectivity index (χ2v) is 7.73. The standard InChI is InChI=1S/C23H27N/c1-23(14-13-18-7-3-2-4-8-18)16-19(17-24-21-11-12-21)15-20-9-5-6-10-22(20)23/h2-10,15-16,21-22,24H,11-14,17H2,1H3/t22-,23?/m0/s1. The van der Waals surface area contributed by atoms with Gasteiger partial charge >= 0.3 is 0 Å². The maximum atomic E-state index is 3.68. The highest BCUT2D eigenvalue weighted by Crippen LogP contribution is 2.45. The quantitative estimate of drug-likeness (QED) is 0.779. The molecule has 124 valence electrons. The molecule has 2 atom stereocenters. The molecule has 4 rings (SSSR count). The van der Waals surface area contributed by atoms with E-state index >= 15 is 0 Å². The lowest BCUT2D eigenvalue weighted by atomic mass is 9.65. The molecule has 0 bridgehead atoms. The predicted octanol–water partition coefficient (Wildman–Crippen LogP) is 4.99. The van der Waals surface area contributed by atoms with Gasteiger partial charge in [0.15, 0.2) is 0 Å². The van der Waals surface area contributed by atoms with Crippen LogP contribution >= 0.6 is 0 Å². The predicted molar refractivity (Wildman–Crippen MR) is 102 cm³/mol. The van der Waals surface area contributed by atoms with Crippen LogP contribution < -0.4 is 5.32 Å².